The standard InChI is InChI=1S/C30H36N2/c1-2-7-28-21(4-1)8-9-22-5-3-6-25-27-18-31(11-10-29(27)32(28)30(22)25)17-26-23-13-19-12-20(15-23)16-24(26)14-19/h1-7,19-20,23-24,26-27,29H,8-18H2. The number of hydrogen-bond donors (Lipinski definition) is 0. The molecule has 166 valence electrons. The van der Waals surface area contributed by atoms with Gasteiger partial charge in [0.2, 0.25) is 0 Å². The summed E-state index contributed by atoms with van der Waals surface area (Å²) in [5, 5.41) is 0. The molecule has 0 N–H and O–H groups in total. The fourth-order valence-electron chi connectivity index (χ4n) is 9.52. The van der Waals surface area contributed by atoms with Crippen LogP contribution in [-0.4, -0.2) is 30.6 Å². The lowest BCUT2D eigenvalue weighted by atomic mass is 9.52. The minimum absolute atomic E-state index is 0.653. The Balaban J connectivity index is 1.10. The minimum atomic E-state index is 0.653. The van der Waals surface area contributed by atoms with Crippen molar-refractivity contribution >= 4 is 11.4 Å². The molecular formula is C30H36N2. The maximum atomic E-state index is 2.91. The molecule has 2 heteroatoms. The van der Waals surface area contributed by atoms with E-state index in [2.05, 4.69) is 52.3 Å². The lowest BCUT2D eigenvalue weighted by Gasteiger charge is -2.55. The normalized spacial score (nSPS) is 38.9. The largest absolute Gasteiger partial charge is 0.337 e. The van der Waals surface area contributed by atoms with Gasteiger partial charge in [0.25, 0.3) is 0 Å². The summed E-state index contributed by atoms with van der Waals surface area (Å²) in [4.78, 5) is 5.70. The van der Waals surface area contributed by atoms with Gasteiger partial charge in [0.15, 0.2) is 0 Å². The first-order valence-electron chi connectivity index (χ1n) is 13.5. The second kappa shape index (κ2) is 6.86. The summed E-state index contributed by atoms with van der Waals surface area (Å²) >= 11 is 0. The van der Waals surface area contributed by atoms with Gasteiger partial charge in [-0.2, -0.15) is 0 Å². The molecule has 4 saturated carbocycles. The Morgan fingerprint density at radius 2 is 1.53 bits per heavy atom. The molecule has 9 rings (SSSR count). The number of hydrogen-bond acceptors (Lipinski definition) is 2. The van der Waals surface area contributed by atoms with Crippen LogP contribution in [0.4, 0.5) is 11.4 Å². The average Bonchev–Trinajstić information content (AvgIpc) is 3.03. The lowest BCUT2D eigenvalue weighted by Crippen LogP contribution is -2.52. The Bertz CT molecular complexity index is 1030. The van der Waals surface area contributed by atoms with E-state index in [0.717, 1.165) is 29.6 Å². The van der Waals surface area contributed by atoms with Crippen LogP contribution in [0.2, 0.25) is 0 Å². The van der Waals surface area contributed by atoms with E-state index in [9.17, 15) is 0 Å². The zero-order chi connectivity index (χ0) is 20.8. The van der Waals surface area contributed by atoms with Crippen LogP contribution in [0.25, 0.3) is 0 Å². The average molecular weight is 425 g/mol. The van der Waals surface area contributed by atoms with Crippen LogP contribution in [0.5, 0.6) is 0 Å². The zero-order valence-electron chi connectivity index (χ0n) is 19.3. The molecule has 1 saturated heterocycles. The van der Waals surface area contributed by atoms with Gasteiger partial charge in [0, 0.05) is 43.0 Å². The van der Waals surface area contributed by atoms with Crippen molar-refractivity contribution in [3.05, 3.63) is 59.2 Å². The summed E-state index contributed by atoms with van der Waals surface area (Å²) in [6.45, 7) is 3.97. The molecule has 0 spiro atoms. The summed E-state index contributed by atoms with van der Waals surface area (Å²) in [7, 11) is 0. The second-order valence-corrected chi connectivity index (χ2v) is 12.2. The van der Waals surface area contributed by atoms with E-state index >= 15 is 0 Å². The number of aryl methyl sites for hydroxylation is 2. The van der Waals surface area contributed by atoms with Gasteiger partial charge in [0.05, 0.1) is 0 Å². The van der Waals surface area contributed by atoms with Crippen LogP contribution < -0.4 is 4.90 Å². The van der Waals surface area contributed by atoms with Crippen molar-refractivity contribution in [2.45, 2.75) is 63.3 Å². The van der Waals surface area contributed by atoms with Crippen molar-refractivity contribution in [2.75, 3.05) is 24.5 Å². The van der Waals surface area contributed by atoms with Gasteiger partial charge in [-0.15, -0.1) is 0 Å². The van der Waals surface area contributed by atoms with Gasteiger partial charge in [-0.3, -0.25) is 0 Å². The maximum Gasteiger partial charge on any atom is 0.0483 e. The molecule has 0 aromatic heterocycles. The Morgan fingerprint density at radius 3 is 2.38 bits per heavy atom. The van der Waals surface area contributed by atoms with Crippen LogP contribution in [0.15, 0.2) is 42.5 Å². The fraction of sp³-hybridized carbons (Fsp3) is 0.600. The molecule has 4 aliphatic carbocycles. The van der Waals surface area contributed by atoms with Gasteiger partial charge in [-0.25, -0.2) is 0 Å². The Kier molecular flexibility index (Phi) is 3.99. The van der Waals surface area contributed by atoms with E-state index in [1.807, 2.05) is 0 Å². The molecule has 2 unspecified atom stereocenters. The van der Waals surface area contributed by atoms with Gasteiger partial charge < -0.3 is 9.80 Å². The highest BCUT2D eigenvalue weighted by Gasteiger charge is 2.50. The van der Waals surface area contributed by atoms with E-state index < -0.39 is 0 Å². The molecule has 0 radical (unpaired) electrons. The summed E-state index contributed by atoms with van der Waals surface area (Å²) in [6, 6.07) is 17.1. The number of nitrogens with zero attached hydrogens (tertiary/aromatic N) is 2. The number of fused-ring (bicyclic) bond motifs is 5. The highest BCUT2D eigenvalue weighted by Crippen LogP contribution is 2.57. The first kappa shape index (κ1) is 18.6. The van der Waals surface area contributed by atoms with E-state index in [1.165, 1.54) is 44.6 Å². The lowest BCUT2D eigenvalue weighted by molar-refractivity contribution is -0.0515. The monoisotopic (exact) mass is 424 g/mol. The number of para-hydroxylation sites is 2. The van der Waals surface area contributed by atoms with Crippen molar-refractivity contribution in [1.29, 1.82) is 0 Å². The van der Waals surface area contributed by atoms with Gasteiger partial charge >= 0.3 is 0 Å². The number of likely N-dealkylation sites (tertiary alicyclic amines) is 1. The zero-order valence-corrected chi connectivity index (χ0v) is 19.3. The number of piperidine rings is 1. The molecule has 0 amide bonds. The molecule has 7 aliphatic rings. The summed E-state index contributed by atoms with van der Waals surface area (Å²) < 4.78 is 0. The molecule has 4 bridgehead atoms. The summed E-state index contributed by atoms with van der Waals surface area (Å²) in [5.74, 6) is 5.99. The first-order chi connectivity index (χ1) is 15.8. The summed E-state index contributed by atoms with van der Waals surface area (Å²) in [5.41, 5.74) is 7.87. The quantitative estimate of drug-likeness (QED) is 0.569. The van der Waals surface area contributed by atoms with Crippen molar-refractivity contribution in [1.82, 2.24) is 4.90 Å². The van der Waals surface area contributed by atoms with Crippen LogP contribution in [-0.2, 0) is 12.8 Å². The SMILES string of the molecule is c1ccc2c(c1)CCc1cccc3c1N2C1CCN(CC2C4CC5CC(C4)CC2C5)CC31. The van der Waals surface area contributed by atoms with Gasteiger partial charge in [0.1, 0.15) is 0 Å². The van der Waals surface area contributed by atoms with Gasteiger partial charge in [-0.05, 0) is 104 Å². The fourth-order valence-corrected chi connectivity index (χ4v) is 9.52. The third kappa shape index (κ3) is 2.62. The molecular weight excluding hydrogens is 388 g/mol. The maximum absolute atomic E-state index is 2.91. The van der Waals surface area contributed by atoms with Crippen molar-refractivity contribution in [2.24, 2.45) is 29.6 Å². The molecule has 2 aromatic rings. The Labute approximate surface area is 193 Å². The van der Waals surface area contributed by atoms with Crippen molar-refractivity contribution in [3.8, 4) is 0 Å². The van der Waals surface area contributed by atoms with E-state index in [4.69, 9.17) is 0 Å². The van der Waals surface area contributed by atoms with Crippen LogP contribution in [0.1, 0.15) is 61.1 Å². The molecule has 2 atom stereocenters. The van der Waals surface area contributed by atoms with Crippen LogP contribution in [0, 0.1) is 29.6 Å². The topological polar surface area (TPSA) is 6.48 Å². The van der Waals surface area contributed by atoms with Gasteiger partial charge in [-0.1, -0.05) is 36.4 Å². The smallest absolute Gasteiger partial charge is 0.0483 e. The third-order valence-corrected chi connectivity index (χ3v) is 10.6. The highest BCUT2D eigenvalue weighted by atomic mass is 15.2. The minimum Gasteiger partial charge on any atom is -0.337 e. The molecule has 5 fully saturated rings. The number of rotatable bonds is 2. The second-order valence-electron chi connectivity index (χ2n) is 12.2. The van der Waals surface area contributed by atoms with Crippen LogP contribution in [0.3, 0.4) is 0 Å². The van der Waals surface area contributed by atoms with E-state index in [1.54, 1.807) is 54.5 Å². The molecule has 2 nitrogen and oxygen atoms in total. The number of benzene rings is 2. The van der Waals surface area contributed by atoms with E-state index in [0.29, 0.717) is 12.0 Å². The summed E-state index contributed by atoms with van der Waals surface area (Å²) in [6.07, 6.45) is 11.5. The highest BCUT2D eigenvalue weighted by molar-refractivity contribution is 5.79. The molecule has 3 aliphatic heterocycles. The predicted octanol–water partition coefficient (Wildman–Crippen LogP) is 6.17. The third-order valence-electron chi connectivity index (χ3n) is 10.6. The molecule has 3 heterocycles. The van der Waals surface area contributed by atoms with Crippen LogP contribution >= 0.6 is 0 Å². The Hall–Kier alpha value is -1.80. The van der Waals surface area contributed by atoms with E-state index in [-0.39, 0.29) is 0 Å². The Morgan fingerprint density at radius 1 is 0.781 bits per heavy atom. The van der Waals surface area contributed by atoms with Crippen molar-refractivity contribution in [3.63, 3.8) is 0 Å². The predicted molar refractivity (Wildman–Crippen MR) is 131 cm³/mol. The number of anilines is 2. The first-order valence-corrected chi connectivity index (χ1v) is 13.5. The van der Waals surface area contributed by atoms with Crippen molar-refractivity contribution < 1.29 is 0 Å². The molecule has 2 aromatic carbocycles. The molecule has 32 heavy (non-hydrogen) atoms.